The fraction of sp³-hybridized carbons (Fsp3) is 0.442. The van der Waals surface area contributed by atoms with E-state index in [0.29, 0.717) is 49.8 Å². The number of rotatable bonds is 20. The fourth-order valence-electron chi connectivity index (χ4n) is 6.17. The zero-order valence-electron chi connectivity index (χ0n) is 31.1. The first-order valence-corrected chi connectivity index (χ1v) is 17.6. The van der Waals surface area contributed by atoms with Gasteiger partial charge in [-0.05, 0) is 82.6 Å². The molecule has 0 aliphatic carbocycles. The maximum atomic E-state index is 10.7. The summed E-state index contributed by atoms with van der Waals surface area (Å²) in [4.78, 5) is 0. The molecule has 270 valence electrons. The van der Waals surface area contributed by atoms with Crippen LogP contribution in [-0.2, 0) is 20.3 Å². The Bertz CT molecular complexity index is 1430. The minimum Gasteiger partial charge on any atom is -0.491 e. The third-order valence-corrected chi connectivity index (χ3v) is 10.1. The third-order valence-electron chi connectivity index (χ3n) is 10.1. The molecule has 0 aromatic heterocycles. The molecular weight excluding hydrogens is 628 g/mol. The number of methoxy groups -OCH3 is 2. The maximum Gasteiger partial charge on any atom is 0.122 e. The molecule has 50 heavy (non-hydrogen) atoms. The molecule has 0 aliphatic heterocycles. The average molecular weight is 685 g/mol. The van der Waals surface area contributed by atoms with Gasteiger partial charge >= 0.3 is 0 Å². The van der Waals surface area contributed by atoms with Crippen molar-refractivity contribution in [3.8, 4) is 23.0 Å². The van der Waals surface area contributed by atoms with E-state index in [-0.39, 0.29) is 24.0 Å². The highest BCUT2D eigenvalue weighted by Crippen LogP contribution is 2.41. The number of aliphatic hydroxyl groups is 1. The van der Waals surface area contributed by atoms with Gasteiger partial charge in [-0.2, -0.15) is 0 Å². The topological polar surface area (TPSA) is 75.6 Å². The molecule has 7 heteroatoms. The van der Waals surface area contributed by atoms with E-state index >= 15 is 0 Å². The Morgan fingerprint density at radius 3 is 0.940 bits per heavy atom. The van der Waals surface area contributed by atoms with Crippen LogP contribution < -0.4 is 18.9 Å². The Hall–Kier alpha value is -4.04. The summed E-state index contributed by atoms with van der Waals surface area (Å²) in [5.41, 5.74) is 4.40. The minimum absolute atomic E-state index is 0.125. The van der Waals surface area contributed by atoms with Gasteiger partial charge in [-0.1, -0.05) is 90.1 Å². The van der Waals surface area contributed by atoms with E-state index in [1.54, 1.807) is 14.2 Å². The van der Waals surface area contributed by atoms with Gasteiger partial charge in [-0.15, -0.1) is 0 Å². The first-order chi connectivity index (χ1) is 24.0. The highest BCUT2D eigenvalue weighted by atomic mass is 16.5. The van der Waals surface area contributed by atoms with Gasteiger partial charge in [0.05, 0.1) is 13.2 Å². The van der Waals surface area contributed by atoms with Crippen molar-refractivity contribution in [1.29, 1.82) is 0 Å². The van der Waals surface area contributed by atoms with Crippen molar-refractivity contribution in [2.24, 2.45) is 11.8 Å². The fourth-order valence-corrected chi connectivity index (χ4v) is 6.17. The average Bonchev–Trinajstić information content (AvgIpc) is 3.13. The highest BCUT2D eigenvalue weighted by molar-refractivity contribution is 5.44. The lowest BCUT2D eigenvalue weighted by Crippen LogP contribution is -2.30. The van der Waals surface area contributed by atoms with E-state index in [2.05, 4.69) is 90.1 Å². The molecule has 0 heterocycles. The normalized spacial score (nSPS) is 14.5. The van der Waals surface area contributed by atoms with Gasteiger partial charge in [0.25, 0.3) is 0 Å². The van der Waals surface area contributed by atoms with Crippen LogP contribution in [0, 0.1) is 11.8 Å². The van der Waals surface area contributed by atoms with Crippen LogP contribution in [0.3, 0.4) is 0 Å². The van der Waals surface area contributed by atoms with E-state index in [1.807, 2.05) is 48.5 Å². The maximum absolute atomic E-state index is 10.7. The standard InChI is InChI=1S/C43H56O7/c1-31(2)42(5,33-9-17-38(18-10-33)47-27-25-45-7)35-13-21-40(22-14-35)49-29-37(44)30-50-41-23-15-36(16-24-41)43(6,32(3)4)34-11-19-39(20-12-34)48-28-26-46-8/h9-24,31-32,37,44H,25-30H2,1-8H3. The summed E-state index contributed by atoms with van der Waals surface area (Å²) < 4.78 is 33.6. The van der Waals surface area contributed by atoms with Gasteiger partial charge in [0.1, 0.15) is 55.5 Å². The molecule has 0 fully saturated rings. The summed E-state index contributed by atoms with van der Waals surface area (Å²) in [6.45, 7) is 15.9. The molecule has 1 N–H and O–H groups in total. The Morgan fingerprint density at radius 1 is 0.440 bits per heavy atom. The van der Waals surface area contributed by atoms with Crippen LogP contribution in [0.2, 0.25) is 0 Å². The van der Waals surface area contributed by atoms with Crippen LogP contribution in [0.4, 0.5) is 0 Å². The molecule has 0 saturated heterocycles. The molecule has 0 spiro atoms. The van der Waals surface area contributed by atoms with Crippen LogP contribution in [0.5, 0.6) is 23.0 Å². The van der Waals surface area contributed by atoms with E-state index in [0.717, 1.165) is 11.5 Å². The summed E-state index contributed by atoms with van der Waals surface area (Å²) in [6, 6.07) is 33.0. The summed E-state index contributed by atoms with van der Waals surface area (Å²) in [5, 5.41) is 10.7. The summed E-state index contributed by atoms with van der Waals surface area (Å²) in [6.07, 6.45) is -0.787. The minimum atomic E-state index is -0.787. The SMILES string of the molecule is COCCOc1ccc(C(C)(c2ccc(OCC(O)COc3ccc(C(C)(c4ccc(OCCOC)cc4)C(C)C)cc3)cc2)C(C)C)cc1. The largest absolute Gasteiger partial charge is 0.491 e. The van der Waals surface area contributed by atoms with Crippen molar-refractivity contribution in [3.05, 3.63) is 119 Å². The van der Waals surface area contributed by atoms with Gasteiger partial charge < -0.3 is 33.5 Å². The molecule has 0 radical (unpaired) electrons. The Labute approximate surface area is 299 Å². The summed E-state index contributed by atoms with van der Waals surface area (Å²) in [5.74, 6) is 3.76. The zero-order valence-corrected chi connectivity index (χ0v) is 31.1. The van der Waals surface area contributed by atoms with Crippen LogP contribution in [0.1, 0.15) is 63.8 Å². The van der Waals surface area contributed by atoms with Gasteiger partial charge in [-0.3, -0.25) is 0 Å². The van der Waals surface area contributed by atoms with E-state index in [1.165, 1.54) is 22.3 Å². The van der Waals surface area contributed by atoms with Crippen molar-refractivity contribution < 1.29 is 33.5 Å². The molecule has 4 aromatic carbocycles. The summed E-state index contributed by atoms with van der Waals surface area (Å²) in [7, 11) is 3.34. The molecular formula is C43H56O7. The molecule has 2 unspecified atom stereocenters. The Kier molecular flexibility index (Phi) is 14.2. The number of ether oxygens (including phenoxy) is 6. The van der Waals surface area contributed by atoms with Crippen molar-refractivity contribution in [2.75, 3.05) is 53.9 Å². The zero-order chi connectivity index (χ0) is 36.1. The molecule has 0 aliphatic rings. The van der Waals surface area contributed by atoms with Crippen molar-refractivity contribution in [1.82, 2.24) is 0 Å². The molecule has 0 amide bonds. The highest BCUT2D eigenvalue weighted by Gasteiger charge is 2.33. The number of hydrogen-bond acceptors (Lipinski definition) is 7. The quantitative estimate of drug-likeness (QED) is 0.0937. The lowest BCUT2D eigenvalue weighted by atomic mass is 9.68. The first-order valence-electron chi connectivity index (χ1n) is 17.6. The Morgan fingerprint density at radius 2 is 0.700 bits per heavy atom. The predicted octanol–water partition coefficient (Wildman–Crippen LogP) is 8.48. The van der Waals surface area contributed by atoms with Crippen LogP contribution in [0.25, 0.3) is 0 Å². The van der Waals surface area contributed by atoms with E-state index < -0.39 is 6.10 Å². The van der Waals surface area contributed by atoms with Crippen LogP contribution in [0.15, 0.2) is 97.1 Å². The second-order valence-corrected chi connectivity index (χ2v) is 13.8. The molecule has 2 atom stereocenters. The molecule has 0 saturated carbocycles. The number of aliphatic hydroxyl groups excluding tert-OH is 1. The smallest absolute Gasteiger partial charge is 0.122 e. The van der Waals surface area contributed by atoms with E-state index in [4.69, 9.17) is 28.4 Å². The first kappa shape index (κ1) is 38.8. The van der Waals surface area contributed by atoms with E-state index in [9.17, 15) is 5.11 Å². The van der Waals surface area contributed by atoms with Crippen LogP contribution >= 0.6 is 0 Å². The van der Waals surface area contributed by atoms with Gasteiger partial charge in [0.15, 0.2) is 0 Å². The predicted molar refractivity (Wildman–Crippen MR) is 200 cm³/mol. The van der Waals surface area contributed by atoms with Gasteiger partial charge in [-0.25, -0.2) is 0 Å². The van der Waals surface area contributed by atoms with Crippen molar-refractivity contribution >= 4 is 0 Å². The second kappa shape index (κ2) is 18.3. The van der Waals surface area contributed by atoms with Gasteiger partial charge in [0, 0.05) is 25.0 Å². The Balaban J connectivity index is 1.31. The monoisotopic (exact) mass is 684 g/mol. The lowest BCUT2D eigenvalue weighted by molar-refractivity contribution is 0.0626. The second-order valence-electron chi connectivity index (χ2n) is 13.8. The van der Waals surface area contributed by atoms with Crippen LogP contribution in [-0.4, -0.2) is 65.1 Å². The third kappa shape index (κ3) is 9.59. The number of hydrogen-bond donors (Lipinski definition) is 1. The van der Waals surface area contributed by atoms with Gasteiger partial charge in [0.2, 0.25) is 0 Å². The van der Waals surface area contributed by atoms with Crippen molar-refractivity contribution in [2.45, 2.75) is 58.5 Å². The van der Waals surface area contributed by atoms with Crippen molar-refractivity contribution in [3.63, 3.8) is 0 Å². The molecule has 4 rings (SSSR count). The molecule has 7 nitrogen and oxygen atoms in total. The number of benzene rings is 4. The lowest BCUT2D eigenvalue weighted by Gasteiger charge is -2.35. The molecule has 0 bridgehead atoms. The summed E-state index contributed by atoms with van der Waals surface area (Å²) >= 11 is 0. The molecule has 4 aromatic rings.